The summed E-state index contributed by atoms with van der Waals surface area (Å²) < 4.78 is 5.45. The van der Waals surface area contributed by atoms with E-state index >= 15 is 0 Å². The van der Waals surface area contributed by atoms with Gasteiger partial charge in [-0.1, -0.05) is 33.8 Å². The molecule has 9 heteroatoms. The number of aliphatic carboxylic acids is 1. The van der Waals surface area contributed by atoms with Gasteiger partial charge in [0.2, 0.25) is 0 Å². The molecule has 0 aliphatic carbocycles. The van der Waals surface area contributed by atoms with Gasteiger partial charge in [-0.3, -0.25) is 10.2 Å². The number of carbonyl (C=O) groups is 2. The SMILES string of the molecule is CCc1ccc2c(n1)C(=N)N(CC(=O)c1cc(N3CCC(OCC(=O)O)C3)c(O)c(C(C)(C)C)c1)C2. The Kier molecular flexibility index (Phi) is 7.04. The maximum absolute atomic E-state index is 13.5. The second-order valence-electron chi connectivity index (χ2n) is 10.5. The van der Waals surface area contributed by atoms with Crippen molar-refractivity contribution in [2.75, 3.05) is 31.1 Å². The Balaban J connectivity index is 1.58. The Morgan fingerprint density at radius 2 is 2.00 bits per heavy atom. The summed E-state index contributed by atoms with van der Waals surface area (Å²) in [4.78, 5) is 32.6. The molecule has 192 valence electrons. The molecular weight excluding hydrogens is 460 g/mol. The molecule has 1 atom stereocenters. The number of aryl methyl sites for hydroxylation is 1. The van der Waals surface area contributed by atoms with Crippen molar-refractivity contribution in [1.82, 2.24) is 9.88 Å². The number of nitrogens with one attached hydrogen (secondary N) is 1. The lowest BCUT2D eigenvalue weighted by Crippen LogP contribution is -2.31. The van der Waals surface area contributed by atoms with Crippen LogP contribution in [0.4, 0.5) is 5.69 Å². The maximum Gasteiger partial charge on any atom is 0.329 e. The molecule has 0 amide bonds. The molecule has 9 nitrogen and oxygen atoms in total. The lowest BCUT2D eigenvalue weighted by molar-refractivity contribution is -0.143. The number of hydrogen-bond acceptors (Lipinski definition) is 7. The summed E-state index contributed by atoms with van der Waals surface area (Å²) >= 11 is 0. The van der Waals surface area contributed by atoms with Gasteiger partial charge in [0, 0.05) is 42.0 Å². The number of pyridine rings is 1. The third kappa shape index (κ3) is 5.21. The third-order valence-corrected chi connectivity index (χ3v) is 6.78. The van der Waals surface area contributed by atoms with Gasteiger partial charge in [-0.25, -0.2) is 9.78 Å². The van der Waals surface area contributed by atoms with Crippen LogP contribution in [-0.4, -0.2) is 70.0 Å². The van der Waals surface area contributed by atoms with Gasteiger partial charge in [0.15, 0.2) is 5.78 Å². The van der Waals surface area contributed by atoms with Crippen molar-refractivity contribution in [2.24, 2.45) is 0 Å². The summed E-state index contributed by atoms with van der Waals surface area (Å²) in [5, 5.41) is 28.6. The first-order valence-corrected chi connectivity index (χ1v) is 12.3. The van der Waals surface area contributed by atoms with E-state index < -0.39 is 11.4 Å². The number of phenols is 1. The van der Waals surface area contributed by atoms with Gasteiger partial charge in [0.05, 0.1) is 18.3 Å². The normalized spacial score (nSPS) is 17.6. The van der Waals surface area contributed by atoms with Crippen molar-refractivity contribution >= 4 is 23.3 Å². The van der Waals surface area contributed by atoms with Gasteiger partial charge in [0.25, 0.3) is 0 Å². The van der Waals surface area contributed by atoms with E-state index in [1.54, 1.807) is 17.0 Å². The van der Waals surface area contributed by atoms with Gasteiger partial charge in [-0.2, -0.15) is 0 Å². The highest BCUT2D eigenvalue weighted by molar-refractivity contribution is 6.05. The van der Waals surface area contributed by atoms with Gasteiger partial charge in [-0.05, 0) is 36.5 Å². The lowest BCUT2D eigenvalue weighted by Gasteiger charge is -2.27. The minimum Gasteiger partial charge on any atom is -0.505 e. The first-order chi connectivity index (χ1) is 17.0. The van der Waals surface area contributed by atoms with Gasteiger partial charge < -0.3 is 24.7 Å². The number of ether oxygens (including phenoxy) is 1. The highest BCUT2D eigenvalue weighted by Crippen LogP contribution is 2.40. The molecule has 2 aliphatic heterocycles. The summed E-state index contributed by atoms with van der Waals surface area (Å²) in [6.07, 6.45) is 1.15. The number of hydrogen-bond donors (Lipinski definition) is 3. The number of rotatable bonds is 8. The first kappa shape index (κ1) is 25.6. The van der Waals surface area contributed by atoms with E-state index in [1.165, 1.54) is 0 Å². The number of nitrogens with zero attached hydrogens (tertiary/aromatic N) is 3. The van der Waals surface area contributed by atoms with E-state index in [0.29, 0.717) is 48.6 Å². The van der Waals surface area contributed by atoms with E-state index in [-0.39, 0.29) is 36.6 Å². The molecule has 1 aromatic carbocycles. The number of anilines is 1. The van der Waals surface area contributed by atoms with Crippen LogP contribution in [0, 0.1) is 5.41 Å². The lowest BCUT2D eigenvalue weighted by atomic mass is 9.84. The summed E-state index contributed by atoms with van der Waals surface area (Å²) in [6, 6.07) is 7.39. The van der Waals surface area contributed by atoms with E-state index in [2.05, 4.69) is 4.98 Å². The van der Waals surface area contributed by atoms with Crippen LogP contribution in [0.3, 0.4) is 0 Å². The van der Waals surface area contributed by atoms with Crippen molar-refractivity contribution < 1.29 is 24.5 Å². The monoisotopic (exact) mass is 494 g/mol. The van der Waals surface area contributed by atoms with Gasteiger partial charge in [-0.15, -0.1) is 0 Å². The van der Waals surface area contributed by atoms with Gasteiger partial charge in [0.1, 0.15) is 23.9 Å². The second-order valence-corrected chi connectivity index (χ2v) is 10.5. The zero-order valence-corrected chi connectivity index (χ0v) is 21.3. The number of carboxylic acid groups (broad SMARTS) is 1. The fourth-order valence-electron chi connectivity index (χ4n) is 4.76. The molecule has 3 heterocycles. The molecular formula is C27H34N4O5. The Labute approximate surface area is 211 Å². The predicted octanol–water partition coefficient (Wildman–Crippen LogP) is 3.35. The van der Waals surface area contributed by atoms with E-state index in [9.17, 15) is 14.7 Å². The standard InChI is InChI=1S/C27H34N4O5/c1-5-18-7-6-16-12-31(26(28)24(16)29-18)14-22(32)17-10-20(27(2,3)4)25(35)21(11-17)30-9-8-19(13-30)36-15-23(33)34/h6-7,10-11,19,28,35H,5,8-9,12-15H2,1-4H3,(H,33,34). The number of aromatic hydroxyl groups is 1. The molecule has 1 saturated heterocycles. The minimum absolute atomic E-state index is 0.0365. The minimum atomic E-state index is -1.02. The van der Waals surface area contributed by atoms with Crippen molar-refractivity contribution in [3.05, 3.63) is 52.3 Å². The molecule has 3 N–H and O–H groups in total. The van der Waals surface area contributed by atoms with E-state index in [4.69, 9.17) is 15.3 Å². The van der Waals surface area contributed by atoms with Crippen LogP contribution in [0.2, 0.25) is 0 Å². The zero-order chi connectivity index (χ0) is 26.2. The predicted molar refractivity (Wildman–Crippen MR) is 136 cm³/mol. The summed E-state index contributed by atoms with van der Waals surface area (Å²) in [6.45, 7) is 9.10. The van der Waals surface area contributed by atoms with E-state index in [0.717, 1.165) is 17.7 Å². The first-order valence-electron chi connectivity index (χ1n) is 12.3. The molecule has 0 spiro atoms. The van der Waals surface area contributed by atoms with Crippen molar-refractivity contribution in [3.63, 3.8) is 0 Å². The second kappa shape index (κ2) is 9.89. The number of amidine groups is 1. The smallest absolute Gasteiger partial charge is 0.329 e. The van der Waals surface area contributed by atoms with Crippen LogP contribution in [0.25, 0.3) is 0 Å². The molecule has 1 aromatic heterocycles. The number of phenolic OH excluding ortho intramolecular Hbond substituents is 1. The Morgan fingerprint density at radius 3 is 2.67 bits per heavy atom. The zero-order valence-electron chi connectivity index (χ0n) is 21.3. The molecule has 1 unspecified atom stereocenters. The summed E-state index contributed by atoms with van der Waals surface area (Å²) in [5.41, 5.74) is 3.75. The number of Topliss-reactive ketones (excluding diaryl/α,β-unsaturated/α-hetero) is 1. The van der Waals surface area contributed by atoms with Crippen LogP contribution < -0.4 is 4.90 Å². The van der Waals surface area contributed by atoms with Gasteiger partial charge >= 0.3 is 5.97 Å². The Bertz CT molecular complexity index is 1200. The highest BCUT2D eigenvalue weighted by Gasteiger charge is 2.32. The average Bonchev–Trinajstić information content (AvgIpc) is 3.41. The summed E-state index contributed by atoms with van der Waals surface area (Å²) in [7, 11) is 0. The van der Waals surface area contributed by atoms with Crippen LogP contribution >= 0.6 is 0 Å². The average molecular weight is 495 g/mol. The molecule has 1 fully saturated rings. The van der Waals surface area contributed by atoms with Crippen molar-refractivity contribution in [2.45, 2.75) is 58.6 Å². The number of aromatic nitrogens is 1. The van der Waals surface area contributed by atoms with Crippen LogP contribution in [0.5, 0.6) is 5.75 Å². The van der Waals surface area contributed by atoms with Crippen LogP contribution in [0.15, 0.2) is 24.3 Å². The number of fused-ring (bicyclic) bond motifs is 1. The molecule has 0 radical (unpaired) electrons. The van der Waals surface area contributed by atoms with Crippen LogP contribution in [0.1, 0.15) is 67.0 Å². The molecule has 36 heavy (non-hydrogen) atoms. The quantitative estimate of drug-likeness (QED) is 0.477. The fraction of sp³-hybridized carbons (Fsp3) is 0.481. The number of benzene rings is 1. The largest absolute Gasteiger partial charge is 0.505 e. The van der Waals surface area contributed by atoms with Crippen molar-refractivity contribution in [1.29, 1.82) is 5.41 Å². The summed E-state index contributed by atoms with van der Waals surface area (Å²) in [5.74, 6) is -0.792. The number of carboxylic acids is 1. The van der Waals surface area contributed by atoms with Crippen LogP contribution in [-0.2, 0) is 27.9 Å². The fourth-order valence-corrected chi connectivity index (χ4v) is 4.76. The molecule has 2 aromatic rings. The van der Waals surface area contributed by atoms with E-state index in [1.807, 2.05) is 44.7 Å². The topological polar surface area (TPSA) is 127 Å². The Morgan fingerprint density at radius 1 is 1.25 bits per heavy atom. The molecule has 0 bridgehead atoms. The molecule has 4 rings (SSSR count). The molecule has 2 aliphatic rings. The third-order valence-electron chi connectivity index (χ3n) is 6.78. The molecule has 0 saturated carbocycles. The van der Waals surface area contributed by atoms with Crippen molar-refractivity contribution in [3.8, 4) is 5.75 Å². The highest BCUT2D eigenvalue weighted by atomic mass is 16.5. The number of ketones is 1. The Hall–Kier alpha value is -3.46. The maximum atomic E-state index is 13.5. The number of carbonyl (C=O) groups excluding carboxylic acids is 1.